The van der Waals surface area contributed by atoms with Gasteiger partial charge in [0, 0.05) is 13.1 Å². The number of nitrogens with two attached hydrogens (primary N) is 1. The van der Waals surface area contributed by atoms with Gasteiger partial charge in [-0.2, -0.15) is 0 Å². The summed E-state index contributed by atoms with van der Waals surface area (Å²) in [5, 5.41) is 2.59. The molecular weight excluding hydrogens is 259 g/mol. The topological polar surface area (TPSA) is 68.3 Å². The van der Waals surface area contributed by atoms with Gasteiger partial charge in [0.1, 0.15) is 0 Å². The molecule has 0 unspecified atom stereocenters. The molecule has 6 heteroatoms. The highest BCUT2D eigenvalue weighted by Gasteiger charge is 2.11. The van der Waals surface area contributed by atoms with Crippen molar-refractivity contribution in [3.05, 3.63) is 22.6 Å². The molecule has 74 valence electrons. The minimum absolute atomic E-state index is 0. The zero-order valence-corrected chi connectivity index (χ0v) is 9.15. The van der Waals surface area contributed by atoms with Crippen LogP contribution in [0, 0.1) is 0 Å². The van der Waals surface area contributed by atoms with Crippen LogP contribution in [-0.2, 0) is 0 Å². The van der Waals surface area contributed by atoms with E-state index in [2.05, 4.69) is 21.2 Å². The van der Waals surface area contributed by atoms with Gasteiger partial charge in [-0.1, -0.05) is 0 Å². The molecule has 1 rings (SSSR count). The molecule has 1 aromatic heterocycles. The summed E-state index contributed by atoms with van der Waals surface area (Å²) in [5.74, 6) is 0.0285. The van der Waals surface area contributed by atoms with Crippen LogP contribution in [-0.4, -0.2) is 19.0 Å². The van der Waals surface area contributed by atoms with E-state index in [4.69, 9.17) is 10.2 Å². The maximum atomic E-state index is 11.2. The first-order valence-electron chi connectivity index (χ1n) is 3.47. The summed E-state index contributed by atoms with van der Waals surface area (Å²) in [7, 11) is 0. The third-order valence-corrected chi connectivity index (χ3v) is 1.88. The van der Waals surface area contributed by atoms with Crippen LogP contribution in [0.15, 0.2) is 21.2 Å². The normalized spacial score (nSPS) is 9.08. The largest absolute Gasteiger partial charge is 0.458 e. The second kappa shape index (κ2) is 6.01. The van der Waals surface area contributed by atoms with Crippen LogP contribution in [0.3, 0.4) is 0 Å². The zero-order valence-electron chi connectivity index (χ0n) is 6.75. The maximum absolute atomic E-state index is 11.2. The number of amides is 1. The van der Waals surface area contributed by atoms with Gasteiger partial charge in [0.2, 0.25) is 5.76 Å². The van der Waals surface area contributed by atoms with Crippen molar-refractivity contribution in [2.24, 2.45) is 5.73 Å². The molecule has 0 aromatic carbocycles. The Labute approximate surface area is 90.4 Å². The van der Waals surface area contributed by atoms with Gasteiger partial charge >= 0.3 is 0 Å². The number of hydrogen-bond donors (Lipinski definition) is 2. The second-order valence-electron chi connectivity index (χ2n) is 2.14. The van der Waals surface area contributed by atoms with Crippen LogP contribution in [0.4, 0.5) is 0 Å². The lowest BCUT2D eigenvalue weighted by atomic mass is 10.4. The number of carbonyl (C=O) groups excluding carboxylic acids is 1. The van der Waals surface area contributed by atoms with E-state index in [1.807, 2.05) is 0 Å². The summed E-state index contributed by atoms with van der Waals surface area (Å²) in [6, 6.07) is 1.66. The summed E-state index contributed by atoms with van der Waals surface area (Å²) in [5.41, 5.74) is 5.21. The third-order valence-electron chi connectivity index (χ3n) is 1.25. The first-order valence-corrected chi connectivity index (χ1v) is 4.26. The molecule has 0 atom stereocenters. The van der Waals surface area contributed by atoms with E-state index < -0.39 is 0 Å². The molecule has 3 N–H and O–H groups in total. The van der Waals surface area contributed by atoms with Gasteiger partial charge in [0.25, 0.3) is 5.91 Å². The predicted octanol–water partition coefficient (Wildman–Crippen LogP) is 1.15. The minimum atomic E-state index is -0.252. The van der Waals surface area contributed by atoms with Crippen molar-refractivity contribution >= 4 is 34.2 Å². The van der Waals surface area contributed by atoms with E-state index in [1.54, 1.807) is 6.07 Å². The molecule has 0 saturated carbocycles. The molecule has 0 aliphatic heterocycles. The standard InChI is InChI=1S/C7H9BrN2O2.ClH/c8-5-1-4-12-6(5)7(11)10-3-2-9;/h1,4H,2-3,9H2,(H,10,11);1H. The average molecular weight is 270 g/mol. The van der Waals surface area contributed by atoms with Gasteiger partial charge in [-0.05, 0) is 22.0 Å². The Balaban J connectivity index is 0.00000144. The van der Waals surface area contributed by atoms with Gasteiger partial charge in [0.15, 0.2) is 0 Å². The lowest BCUT2D eigenvalue weighted by molar-refractivity contribution is 0.0926. The summed E-state index contributed by atoms with van der Waals surface area (Å²) in [6.07, 6.45) is 1.45. The molecule has 0 aliphatic carbocycles. The van der Waals surface area contributed by atoms with E-state index in [0.717, 1.165) is 0 Å². The Morgan fingerprint density at radius 3 is 2.85 bits per heavy atom. The lowest BCUT2D eigenvalue weighted by Crippen LogP contribution is -2.28. The Bertz CT molecular complexity index is 277. The molecule has 0 aliphatic rings. The van der Waals surface area contributed by atoms with E-state index in [-0.39, 0.29) is 24.1 Å². The van der Waals surface area contributed by atoms with Crippen LogP contribution in [0.1, 0.15) is 10.6 Å². The summed E-state index contributed by atoms with van der Waals surface area (Å²) < 4.78 is 5.57. The van der Waals surface area contributed by atoms with Crippen LogP contribution < -0.4 is 11.1 Å². The van der Waals surface area contributed by atoms with Gasteiger partial charge in [0.05, 0.1) is 10.7 Å². The quantitative estimate of drug-likeness (QED) is 0.865. The van der Waals surface area contributed by atoms with E-state index in [0.29, 0.717) is 17.6 Å². The Morgan fingerprint density at radius 1 is 1.69 bits per heavy atom. The first-order chi connectivity index (χ1) is 5.75. The summed E-state index contributed by atoms with van der Waals surface area (Å²) in [6.45, 7) is 0.871. The summed E-state index contributed by atoms with van der Waals surface area (Å²) >= 11 is 3.17. The number of nitrogens with one attached hydrogen (secondary N) is 1. The van der Waals surface area contributed by atoms with Crippen molar-refractivity contribution in [1.29, 1.82) is 0 Å². The smallest absolute Gasteiger partial charge is 0.288 e. The van der Waals surface area contributed by atoms with Crippen LogP contribution in [0.25, 0.3) is 0 Å². The summed E-state index contributed by atoms with van der Waals surface area (Å²) in [4.78, 5) is 11.2. The molecule has 0 bridgehead atoms. The number of hydrogen-bond acceptors (Lipinski definition) is 3. The molecule has 0 saturated heterocycles. The highest BCUT2D eigenvalue weighted by atomic mass is 79.9. The predicted molar refractivity (Wildman–Crippen MR) is 55.0 cm³/mol. The highest BCUT2D eigenvalue weighted by molar-refractivity contribution is 9.10. The van der Waals surface area contributed by atoms with E-state index in [9.17, 15) is 4.79 Å². The zero-order chi connectivity index (χ0) is 8.97. The van der Waals surface area contributed by atoms with Gasteiger partial charge < -0.3 is 15.5 Å². The molecule has 0 fully saturated rings. The van der Waals surface area contributed by atoms with Crippen molar-refractivity contribution in [2.75, 3.05) is 13.1 Å². The Morgan fingerprint density at radius 2 is 2.38 bits per heavy atom. The second-order valence-corrected chi connectivity index (χ2v) is 3.00. The minimum Gasteiger partial charge on any atom is -0.458 e. The van der Waals surface area contributed by atoms with Crippen molar-refractivity contribution in [3.63, 3.8) is 0 Å². The van der Waals surface area contributed by atoms with Gasteiger partial charge in [-0.3, -0.25) is 4.79 Å². The van der Waals surface area contributed by atoms with Crippen molar-refractivity contribution in [2.45, 2.75) is 0 Å². The number of rotatable bonds is 3. The first kappa shape index (κ1) is 12.5. The molecular formula is C7H10BrClN2O2. The third kappa shape index (κ3) is 3.38. The average Bonchev–Trinajstić information content (AvgIpc) is 2.47. The molecule has 1 heterocycles. The SMILES string of the molecule is Cl.NCCNC(=O)c1occc1Br. The van der Waals surface area contributed by atoms with Crippen LogP contribution in [0.5, 0.6) is 0 Å². The van der Waals surface area contributed by atoms with Crippen LogP contribution >= 0.6 is 28.3 Å². The van der Waals surface area contributed by atoms with Crippen molar-refractivity contribution < 1.29 is 9.21 Å². The molecule has 1 amide bonds. The Kier molecular flexibility index (Phi) is 5.77. The van der Waals surface area contributed by atoms with Gasteiger partial charge in [-0.15, -0.1) is 12.4 Å². The number of carbonyl (C=O) groups is 1. The van der Waals surface area contributed by atoms with E-state index in [1.165, 1.54) is 6.26 Å². The monoisotopic (exact) mass is 268 g/mol. The lowest BCUT2D eigenvalue weighted by Gasteiger charge is -1.99. The molecule has 0 radical (unpaired) electrons. The van der Waals surface area contributed by atoms with Gasteiger partial charge in [-0.25, -0.2) is 0 Å². The van der Waals surface area contributed by atoms with Crippen molar-refractivity contribution in [3.8, 4) is 0 Å². The molecule has 0 spiro atoms. The molecule has 1 aromatic rings. The number of halogens is 2. The van der Waals surface area contributed by atoms with E-state index >= 15 is 0 Å². The molecule has 13 heavy (non-hydrogen) atoms. The number of furan rings is 1. The fourth-order valence-corrected chi connectivity index (χ4v) is 1.10. The maximum Gasteiger partial charge on any atom is 0.288 e. The molecule has 4 nitrogen and oxygen atoms in total. The highest BCUT2D eigenvalue weighted by Crippen LogP contribution is 2.16. The van der Waals surface area contributed by atoms with Crippen molar-refractivity contribution in [1.82, 2.24) is 5.32 Å². The fraction of sp³-hybridized carbons (Fsp3) is 0.286. The fourth-order valence-electron chi connectivity index (χ4n) is 0.722. The Hall–Kier alpha value is -0.520. The van der Waals surface area contributed by atoms with Crippen LogP contribution in [0.2, 0.25) is 0 Å².